The molecule has 1 fully saturated rings. The van der Waals surface area contributed by atoms with E-state index in [1.165, 1.54) is 12.4 Å². The van der Waals surface area contributed by atoms with E-state index in [1.807, 2.05) is 13.0 Å². The fourth-order valence-electron chi connectivity index (χ4n) is 3.08. The Balaban J connectivity index is 0.00000176. The van der Waals surface area contributed by atoms with Crippen LogP contribution in [-0.4, -0.2) is 33.2 Å². The Morgan fingerprint density at radius 1 is 1.22 bits per heavy atom. The lowest BCUT2D eigenvalue weighted by Gasteiger charge is -2.39. The van der Waals surface area contributed by atoms with Gasteiger partial charge in [0.1, 0.15) is 11.9 Å². The molecule has 1 aliphatic rings. The number of alkyl halides is 3. The number of nitriles is 1. The third kappa shape index (κ3) is 6.56. The average Bonchev–Trinajstić information content (AvgIpc) is 2.73. The van der Waals surface area contributed by atoms with E-state index < -0.39 is 12.2 Å². The Morgan fingerprint density at radius 3 is 2.41 bits per heavy atom. The summed E-state index contributed by atoms with van der Waals surface area (Å²) in [7, 11) is 0. The highest BCUT2D eigenvalue weighted by Crippen LogP contribution is 2.33. The van der Waals surface area contributed by atoms with E-state index in [9.17, 15) is 13.2 Å². The minimum absolute atomic E-state index is 0.214. The zero-order valence-corrected chi connectivity index (χ0v) is 18.0. The fraction of sp³-hybridized carbons (Fsp3) is 0.455. The second-order valence-electron chi connectivity index (χ2n) is 7.45. The first-order valence-corrected chi connectivity index (χ1v) is 10.1. The predicted octanol–water partition coefficient (Wildman–Crippen LogP) is 3.92. The standard InChI is InChI=1S/C20H24F3N7.C2H2/c1-13-8-18(17(6-7-24)25-9-13)30(16-4-3-5-16)12-19-26-10-15(11-27-19)29-28-14(2)20(21,22)23;1-2/h8-11,14,16,28-29H,3-6,12H2,1-2H3;1-2H/t14-;/m0./s1. The number of hydrogen-bond acceptors (Lipinski definition) is 7. The maximum absolute atomic E-state index is 12.6. The van der Waals surface area contributed by atoms with Gasteiger partial charge in [0.2, 0.25) is 0 Å². The number of hydrazine groups is 1. The molecule has 0 spiro atoms. The van der Waals surface area contributed by atoms with E-state index in [2.05, 4.69) is 49.6 Å². The first-order chi connectivity index (χ1) is 15.3. The maximum atomic E-state index is 12.6. The number of terminal acetylenes is 1. The van der Waals surface area contributed by atoms with Gasteiger partial charge in [0, 0.05) is 12.2 Å². The van der Waals surface area contributed by atoms with Gasteiger partial charge in [-0.25, -0.2) is 15.4 Å². The van der Waals surface area contributed by atoms with E-state index in [-0.39, 0.29) is 6.42 Å². The third-order valence-corrected chi connectivity index (χ3v) is 5.10. The zero-order chi connectivity index (χ0) is 23.7. The molecule has 32 heavy (non-hydrogen) atoms. The number of anilines is 2. The Labute approximate surface area is 186 Å². The van der Waals surface area contributed by atoms with Crippen molar-refractivity contribution in [3.05, 3.63) is 41.7 Å². The number of nitrogens with one attached hydrogen (secondary N) is 2. The largest absolute Gasteiger partial charge is 0.405 e. The second kappa shape index (κ2) is 11.3. The van der Waals surface area contributed by atoms with Crippen LogP contribution in [0.15, 0.2) is 24.7 Å². The fourth-order valence-corrected chi connectivity index (χ4v) is 3.08. The van der Waals surface area contributed by atoms with Crippen molar-refractivity contribution in [1.29, 1.82) is 5.26 Å². The van der Waals surface area contributed by atoms with Gasteiger partial charge in [0.05, 0.1) is 48.5 Å². The Kier molecular flexibility index (Phi) is 8.80. The summed E-state index contributed by atoms with van der Waals surface area (Å²) in [5.41, 5.74) is 7.64. The van der Waals surface area contributed by atoms with Gasteiger partial charge in [0.15, 0.2) is 0 Å². The summed E-state index contributed by atoms with van der Waals surface area (Å²) in [5, 5.41) is 9.15. The number of pyridine rings is 1. The van der Waals surface area contributed by atoms with Crippen molar-refractivity contribution in [1.82, 2.24) is 20.4 Å². The molecule has 170 valence electrons. The quantitative estimate of drug-likeness (QED) is 0.470. The summed E-state index contributed by atoms with van der Waals surface area (Å²) in [4.78, 5) is 15.2. The highest BCUT2D eigenvalue weighted by molar-refractivity contribution is 5.54. The van der Waals surface area contributed by atoms with Crippen molar-refractivity contribution in [3.63, 3.8) is 0 Å². The van der Waals surface area contributed by atoms with Crippen LogP contribution >= 0.6 is 0 Å². The zero-order valence-electron chi connectivity index (χ0n) is 18.0. The maximum Gasteiger partial charge on any atom is 0.405 e. The lowest BCUT2D eigenvalue weighted by molar-refractivity contribution is -0.150. The number of hydrogen-bond donors (Lipinski definition) is 2. The molecular formula is C22H26F3N7. The number of nitrogens with zero attached hydrogens (tertiary/aromatic N) is 5. The summed E-state index contributed by atoms with van der Waals surface area (Å²) in [5.74, 6) is 0.542. The van der Waals surface area contributed by atoms with E-state index in [0.717, 1.165) is 43.1 Å². The second-order valence-corrected chi connectivity index (χ2v) is 7.45. The van der Waals surface area contributed by atoms with Gasteiger partial charge < -0.3 is 10.3 Å². The third-order valence-electron chi connectivity index (χ3n) is 5.10. The Bertz CT molecular complexity index is 931. The molecule has 2 heterocycles. The van der Waals surface area contributed by atoms with Crippen LogP contribution in [-0.2, 0) is 13.0 Å². The minimum Gasteiger partial charge on any atom is -0.359 e. The Hall–Kier alpha value is -3.37. The first-order valence-electron chi connectivity index (χ1n) is 10.1. The van der Waals surface area contributed by atoms with Crippen molar-refractivity contribution < 1.29 is 13.2 Å². The van der Waals surface area contributed by atoms with Crippen LogP contribution in [0.2, 0.25) is 0 Å². The summed E-state index contributed by atoms with van der Waals surface area (Å²) in [6.07, 6.45) is 11.7. The monoisotopic (exact) mass is 445 g/mol. The van der Waals surface area contributed by atoms with Crippen LogP contribution in [0.25, 0.3) is 0 Å². The van der Waals surface area contributed by atoms with Crippen LogP contribution in [0, 0.1) is 31.1 Å². The molecule has 1 atom stereocenters. The van der Waals surface area contributed by atoms with Gasteiger partial charge in [-0.05, 0) is 44.7 Å². The lowest BCUT2D eigenvalue weighted by Crippen LogP contribution is -2.42. The highest BCUT2D eigenvalue weighted by atomic mass is 19.4. The molecule has 0 saturated heterocycles. The molecule has 2 aromatic heterocycles. The van der Waals surface area contributed by atoms with Gasteiger partial charge in [-0.3, -0.25) is 4.98 Å². The summed E-state index contributed by atoms with van der Waals surface area (Å²) in [6, 6.07) is 2.80. The van der Waals surface area contributed by atoms with Gasteiger partial charge in [-0.1, -0.05) is 0 Å². The van der Waals surface area contributed by atoms with Crippen molar-refractivity contribution in [2.24, 2.45) is 0 Å². The van der Waals surface area contributed by atoms with Crippen molar-refractivity contribution in [3.8, 4) is 18.9 Å². The molecule has 7 nitrogen and oxygen atoms in total. The summed E-state index contributed by atoms with van der Waals surface area (Å²) < 4.78 is 37.8. The van der Waals surface area contributed by atoms with Crippen LogP contribution in [0.5, 0.6) is 0 Å². The molecule has 3 rings (SSSR count). The summed E-state index contributed by atoms with van der Waals surface area (Å²) in [6.45, 7) is 3.41. The lowest BCUT2D eigenvalue weighted by atomic mass is 9.90. The van der Waals surface area contributed by atoms with E-state index in [1.54, 1.807) is 6.20 Å². The molecule has 0 radical (unpaired) electrons. The van der Waals surface area contributed by atoms with Crippen LogP contribution in [0.4, 0.5) is 24.5 Å². The van der Waals surface area contributed by atoms with E-state index >= 15 is 0 Å². The normalized spacial score (nSPS) is 14.3. The molecule has 1 aliphatic carbocycles. The van der Waals surface area contributed by atoms with Crippen LogP contribution < -0.4 is 15.8 Å². The van der Waals surface area contributed by atoms with Gasteiger partial charge in [-0.2, -0.15) is 18.4 Å². The van der Waals surface area contributed by atoms with Crippen LogP contribution in [0.1, 0.15) is 43.3 Å². The van der Waals surface area contributed by atoms with Crippen molar-refractivity contribution >= 4 is 11.4 Å². The minimum atomic E-state index is -4.35. The number of rotatable bonds is 8. The molecule has 0 aromatic carbocycles. The van der Waals surface area contributed by atoms with Crippen molar-refractivity contribution in [2.75, 3.05) is 10.3 Å². The molecule has 0 unspecified atom stereocenters. The summed E-state index contributed by atoms with van der Waals surface area (Å²) >= 11 is 0. The Morgan fingerprint density at radius 2 is 1.88 bits per heavy atom. The predicted molar refractivity (Wildman–Crippen MR) is 116 cm³/mol. The number of aromatic nitrogens is 3. The average molecular weight is 445 g/mol. The molecule has 2 aromatic rings. The van der Waals surface area contributed by atoms with Gasteiger partial charge in [0.25, 0.3) is 0 Å². The van der Waals surface area contributed by atoms with E-state index in [4.69, 9.17) is 5.26 Å². The smallest absolute Gasteiger partial charge is 0.359 e. The molecular weight excluding hydrogens is 419 g/mol. The van der Waals surface area contributed by atoms with Crippen LogP contribution in [0.3, 0.4) is 0 Å². The highest BCUT2D eigenvalue weighted by Gasteiger charge is 2.35. The molecule has 0 aliphatic heterocycles. The first kappa shape index (κ1) is 24.9. The number of aryl methyl sites for hydroxylation is 1. The molecule has 1 saturated carbocycles. The molecule has 0 bridgehead atoms. The molecule has 0 amide bonds. The molecule has 2 N–H and O–H groups in total. The van der Waals surface area contributed by atoms with Gasteiger partial charge in [-0.15, -0.1) is 12.8 Å². The van der Waals surface area contributed by atoms with E-state index in [0.29, 0.717) is 24.1 Å². The van der Waals surface area contributed by atoms with Crippen molar-refractivity contribution in [2.45, 2.75) is 64.3 Å². The SMILES string of the molecule is C#C.Cc1cnc(CC#N)c(N(Cc2ncc(NN[C@@H](C)C(F)(F)F)cn2)C2CCC2)c1. The van der Waals surface area contributed by atoms with Gasteiger partial charge >= 0.3 is 6.18 Å². The molecule has 10 heteroatoms. The number of halogens is 3. The topological polar surface area (TPSA) is 89.8 Å².